The number of nitrogen functional groups attached to an aromatic ring is 1. The number of carbonyl (C=O) groups is 2. The Bertz CT molecular complexity index is 808. The second kappa shape index (κ2) is 7.47. The van der Waals surface area contributed by atoms with Gasteiger partial charge in [-0.05, 0) is 40.8 Å². The molecule has 6 nitrogen and oxygen atoms in total. The second-order valence-electron chi connectivity index (χ2n) is 7.14. The first-order valence-corrected chi connectivity index (χ1v) is 8.21. The van der Waals surface area contributed by atoms with Crippen molar-refractivity contribution in [3.05, 3.63) is 48.0 Å². The summed E-state index contributed by atoms with van der Waals surface area (Å²) in [7, 11) is 1.60. The van der Waals surface area contributed by atoms with Crippen LogP contribution in [0.1, 0.15) is 31.1 Å². The molecule has 26 heavy (non-hydrogen) atoms. The van der Waals surface area contributed by atoms with Crippen LogP contribution in [0.25, 0.3) is 11.1 Å². The van der Waals surface area contributed by atoms with Crippen LogP contribution in [0.4, 0.5) is 5.69 Å². The number of ether oxygens (including phenoxy) is 1. The number of hydrogen-bond acceptors (Lipinski definition) is 4. The van der Waals surface area contributed by atoms with Gasteiger partial charge in [0.25, 0.3) is 5.91 Å². The van der Waals surface area contributed by atoms with Crippen LogP contribution in [0.3, 0.4) is 0 Å². The fraction of sp³-hybridized carbons (Fsp3) is 0.300. The molecule has 4 N–H and O–H groups in total. The van der Waals surface area contributed by atoms with E-state index in [1.54, 1.807) is 46.1 Å². The van der Waals surface area contributed by atoms with Gasteiger partial charge < -0.3 is 20.9 Å². The van der Waals surface area contributed by atoms with Crippen molar-refractivity contribution in [2.45, 2.75) is 26.8 Å². The van der Waals surface area contributed by atoms with Crippen molar-refractivity contribution in [1.82, 2.24) is 5.32 Å². The molecule has 0 saturated heterocycles. The Morgan fingerprint density at radius 1 is 1.08 bits per heavy atom. The molecule has 138 valence electrons. The van der Waals surface area contributed by atoms with E-state index < -0.39 is 23.3 Å². The first-order chi connectivity index (χ1) is 12.1. The summed E-state index contributed by atoms with van der Waals surface area (Å²) in [6.07, 6.45) is 0. The summed E-state index contributed by atoms with van der Waals surface area (Å²) in [6.45, 7) is 5.26. The van der Waals surface area contributed by atoms with Gasteiger partial charge in [-0.2, -0.15) is 0 Å². The SMILES string of the molecule is COc1ccc(-c2ccc(C(=O)N[C@H](C(=O)O)C(C)(C)C)c(N)c2)cc1. The second-order valence-corrected chi connectivity index (χ2v) is 7.14. The third kappa shape index (κ3) is 4.33. The number of carbonyl (C=O) groups excluding carboxylic acids is 1. The largest absolute Gasteiger partial charge is 0.497 e. The number of nitrogens with one attached hydrogen (secondary N) is 1. The molecule has 2 aromatic rings. The highest BCUT2D eigenvalue weighted by Gasteiger charge is 2.33. The molecule has 0 saturated carbocycles. The number of carboxylic acid groups (broad SMARTS) is 1. The van der Waals surface area contributed by atoms with Gasteiger partial charge in [0.2, 0.25) is 0 Å². The van der Waals surface area contributed by atoms with E-state index in [2.05, 4.69) is 5.32 Å². The van der Waals surface area contributed by atoms with E-state index in [1.165, 1.54) is 0 Å². The predicted octanol–water partition coefficient (Wildman–Crippen LogP) is 3.17. The maximum Gasteiger partial charge on any atom is 0.326 e. The molecule has 0 unspecified atom stereocenters. The lowest BCUT2D eigenvalue weighted by molar-refractivity contribution is -0.142. The Balaban J connectivity index is 2.25. The Labute approximate surface area is 153 Å². The van der Waals surface area contributed by atoms with Gasteiger partial charge in [-0.1, -0.05) is 39.0 Å². The molecule has 0 aliphatic carbocycles. The van der Waals surface area contributed by atoms with Crippen molar-refractivity contribution in [3.8, 4) is 16.9 Å². The molecule has 2 rings (SSSR count). The monoisotopic (exact) mass is 356 g/mol. The Hall–Kier alpha value is -3.02. The molecule has 0 aliphatic heterocycles. The summed E-state index contributed by atoms with van der Waals surface area (Å²) in [6, 6.07) is 11.5. The van der Waals surface area contributed by atoms with Gasteiger partial charge in [0.1, 0.15) is 11.8 Å². The van der Waals surface area contributed by atoms with Crippen LogP contribution < -0.4 is 15.8 Å². The number of amides is 1. The average Bonchev–Trinajstić information content (AvgIpc) is 2.58. The lowest BCUT2D eigenvalue weighted by Gasteiger charge is -2.28. The third-order valence-corrected chi connectivity index (χ3v) is 4.11. The fourth-order valence-electron chi connectivity index (χ4n) is 2.59. The average molecular weight is 356 g/mol. The highest BCUT2D eigenvalue weighted by Crippen LogP contribution is 2.26. The molecule has 0 spiro atoms. The van der Waals surface area contributed by atoms with Crippen LogP contribution in [-0.4, -0.2) is 30.1 Å². The minimum atomic E-state index is -1.08. The van der Waals surface area contributed by atoms with Crippen molar-refractivity contribution < 1.29 is 19.4 Å². The molecular weight excluding hydrogens is 332 g/mol. The van der Waals surface area contributed by atoms with Crippen LogP contribution in [-0.2, 0) is 4.79 Å². The molecule has 0 aliphatic rings. The van der Waals surface area contributed by atoms with Crippen molar-refractivity contribution in [2.75, 3.05) is 12.8 Å². The number of methoxy groups -OCH3 is 1. The van der Waals surface area contributed by atoms with Gasteiger partial charge in [-0.15, -0.1) is 0 Å². The number of benzene rings is 2. The molecule has 1 amide bonds. The molecule has 0 radical (unpaired) electrons. The number of carboxylic acids is 1. The zero-order valence-electron chi connectivity index (χ0n) is 15.4. The summed E-state index contributed by atoms with van der Waals surface area (Å²) in [5.74, 6) is -0.843. The molecular formula is C20H24N2O4. The van der Waals surface area contributed by atoms with E-state index in [0.717, 1.165) is 16.9 Å². The lowest BCUT2D eigenvalue weighted by atomic mass is 9.86. The Morgan fingerprint density at radius 2 is 1.65 bits per heavy atom. The molecule has 2 aromatic carbocycles. The van der Waals surface area contributed by atoms with Gasteiger partial charge >= 0.3 is 5.97 Å². The van der Waals surface area contributed by atoms with Crippen LogP contribution in [0.2, 0.25) is 0 Å². The molecule has 6 heteroatoms. The number of rotatable bonds is 5. The first-order valence-electron chi connectivity index (χ1n) is 8.21. The quantitative estimate of drug-likeness (QED) is 0.714. The normalized spacial score (nSPS) is 12.3. The number of anilines is 1. The molecule has 0 aromatic heterocycles. The van der Waals surface area contributed by atoms with Crippen LogP contribution in [0.15, 0.2) is 42.5 Å². The van der Waals surface area contributed by atoms with E-state index in [4.69, 9.17) is 10.5 Å². The van der Waals surface area contributed by atoms with Crippen LogP contribution >= 0.6 is 0 Å². The Morgan fingerprint density at radius 3 is 2.12 bits per heavy atom. The van der Waals surface area contributed by atoms with E-state index in [-0.39, 0.29) is 11.3 Å². The number of hydrogen-bond donors (Lipinski definition) is 3. The van der Waals surface area contributed by atoms with E-state index in [9.17, 15) is 14.7 Å². The van der Waals surface area contributed by atoms with Gasteiger partial charge in [0, 0.05) is 5.69 Å². The standard InChI is InChI=1S/C20H24N2O4/c1-20(2,3)17(19(24)25)22-18(23)15-10-7-13(11-16(15)21)12-5-8-14(26-4)9-6-12/h5-11,17H,21H2,1-4H3,(H,22,23)(H,24,25)/t17-/m1/s1. The van der Waals surface area contributed by atoms with Gasteiger partial charge in [-0.25, -0.2) is 4.79 Å². The number of aliphatic carboxylic acids is 1. The van der Waals surface area contributed by atoms with Gasteiger partial charge in [0.15, 0.2) is 0 Å². The third-order valence-electron chi connectivity index (χ3n) is 4.11. The summed E-state index contributed by atoms with van der Waals surface area (Å²) in [4.78, 5) is 23.9. The zero-order chi connectivity index (χ0) is 19.5. The van der Waals surface area contributed by atoms with Crippen molar-refractivity contribution in [2.24, 2.45) is 5.41 Å². The van der Waals surface area contributed by atoms with E-state index in [0.29, 0.717) is 0 Å². The lowest BCUT2D eigenvalue weighted by Crippen LogP contribution is -2.49. The van der Waals surface area contributed by atoms with Crippen molar-refractivity contribution in [1.29, 1.82) is 0 Å². The smallest absolute Gasteiger partial charge is 0.326 e. The molecule has 1 atom stereocenters. The summed E-state index contributed by atoms with van der Waals surface area (Å²) in [5, 5.41) is 11.9. The molecule has 0 bridgehead atoms. The Kier molecular flexibility index (Phi) is 5.55. The topological polar surface area (TPSA) is 102 Å². The van der Waals surface area contributed by atoms with Crippen molar-refractivity contribution >= 4 is 17.6 Å². The van der Waals surface area contributed by atoms with Gasteiger partial charge in [-0.3, -0.25) is 4.79 Å². The number of nitrogens with two attached hydrogens (primary N) is 1. The summed E-state index contributed by atoms with van der Waals surface area (Å²) >= 11 is 0. The predicted molar refractivity (Wildman–Crippen MR) is 101 cm³/mol. The molecule has 0 fully saturated rings. The summed E-state index contributed by atoms with van der Waals surface area (Å²) < 4.78 is 5.14. The van der Waals surface area contributed by atoms with E-state index >= 15 is 0 Å². The zero-order valence-corrected chi connectivity index (χ0v) is 15.4. The van der Waals surface area contributed by atoms with Gasteiger partial charge in [0.05, 0.1) is 12.7 Å². The first kappa shape index (κ1) is 19.3. The minimum Gasteiger partial charge on any atom is -0.497 e. The maximum absolute atomic E-state index is 12.5. The van der Waals surface area contributed by atoms with Crippen LogP contribution in [0.5, 0.6) is 5.75 Å². The molecule has 0 heterocycles. The highest BCUT2D eigenvalue weighted by molar-refractivity contribution is 6.01. The maximum atomic E-state index is 12.5. The fourth-order valence-corrected chi connectivity index (χ4v) is 2.59. The minimum absolute atomic E-state index is 0.248. The van der Waals surface area contributed by atoms with Crippen LogP contribution in [0, 0.1) is 5.41 Å². The summed E-state index contributed by atoms with van der Waals surface area (Å²) in [5.41, 5.74) is 7.74. The van der Waals surface area contributed by atoms with Crippen molar-refractivity contribution in [3.63, 3.8) is 0 Å². The highest BCUT2D eigenvalue weighted by atomic mass is 16.5. The van der Waals surface area contributed by atoms with E-state index in [1.807, 2.05) is 24.3 Å².